The molecule has 0 bridgehead atoms. The second-order valence-corrected chi connectivity index (χ2v) is 38.2. The molecule has 0 radical (unpaired) electrons. The van der Waals surface area contributed by atoms with Crippen molar-refractivity contribution in [1.82, 2.24) is 54.8 Å². The fourth-order valence-corrected chi connectivity index (χ4v) is 18.9. The second kappa shape index (κ2) is 51.3. The van der Waals surface area contributed by atoms with E-state index in [0.29, 0.717) is 61.6 Å². The van der Waals surface area contributed by atoms with Crippen molar-refractivity contribution in [2.75, 3.05) is 119 Å². The Labute approximate surface area is 828 Å². The van der Waals surface area contributed by atoms with Gasteiger partial charge in [0.2, 0.25) is 35.4 Å². The molecule has 138 heavy (non-hydrogen) atoms. The van der Waals surface area contributed by atoms with E-state index >= 15 is 0 Å². The predicted octanol–water partition coefficient (Wildman–Crippen LogP) is 17.2. The number of morpholine rings is 1. The summed E-state index contributed by atoms with van der Waals surface area (Å²) in [6.07, 6.45) is 24.7. The highest BCUT2D eigenvalue weighted by molar-refractivity contribution is 14.1. The van der Waals surface area contributed by atoms with Crippen molar-refractivity contribution in [3.05, 3.63) is 324 Å². The highest BCUT2D eigenvalue weighted by atomic mass is 127. The number of allylic oxidation sites excluding steroid dienone is 2. The van der Waals surface area contributed by atoms with E-state index in [9.17, 15) is 38.4 Å². The summed E-state index contributed by atoms with van der Waals surface area (Å²) in [6.45, 7) is 52.7. The van der Waals surface area contributed by atoms with Crippen molar-refractivity contribution in [2.24, 2.45) is 31.7 Å². The SMILES string of the molecule is C=CC(=O)N(C)CC(C)(C)CN1CCOCC1.C=CC(=O)N1CC(C)(C)C1C1=NCCN1CC1CC1.C=CC(=O)N1CCC(C)=C(c2ccco2)C1.C=CC(=O)N1CCc2cc(OCC)ccc2C1.C=CC(=O)N=C1N=C2C=CC(I)=CN2Cc2ccccc21.C=CC(=O)NC(c1ccco1)c1ccccc1OC.C=CC(=O)NCc1ccc(C(=O)N2CCC(c3nc4ccccc4s3)CC2)cc1. The van der Waals surface area contributed by atoms with Gasteiger partial charge >= 0.3 is 0 Å². The number of ether oxygens (including phenoxy) is 3. The van der Waals surface area contributed by atoms with Gasteiger partial charge in [-0.2, -0.15) is 4.99 Å². The number of carbonyl (C=O) groups is 8. The quantitative estimate of drug-likeness (QED) is 0.0397. The van der Waals surface area contributed by atoms with Crippen molar-refractivity contribution in [1.29, 1.82) is 0 Å². The minimum Gasteiger partial charge on any atom is -0.496 e. The normalized spacial score (nSPS) is 17.3. The van der Waals surface area contributed by atoms with Crippen molar-refractivity contribution < 1.29 is 61.4 Å². The van der Waals surface area contributed by atoms with Gasteiger partial charge in [-0.3, -0.25) is 48.2 Å². The number of rotatable bonds is 25. The van der Waals surface area contributed by atoms with Gasteiger partial charge in [0.05, 0.1) is 67.3 Å². The molecule has 4 fully saturated rings. The number of methoxy groups -OCH3 is 1. The topological polar surface area (TPSA) is 290 Å². The Morgan fingerprint density at radius 3 is 2.03 bits per heavy atom. The number of likely N-dealkylation sites (N-methyl/N-ethyl adjacent to an activating group) is 1. The number of likely N-dealkylation sites (tertiary alicyclic amines) is 2. The summed E-state index contributed by atoms with van der Waals surface area (Å²) in [4.78, 5) is 128. The molecule has 0 spiro atoms. The second-order valence-electron chi connectivity index (χ2n) is 35.9. The lowest BCUT2D eigenvalue weighted by molar-refractivity contribution is -0.140. The molecular weight excluding hydrogens is 1870 g/mol. The first-order valence-corrected chi connectivity index (χ1v) is 48.6. The lowest BCUT2D eigenvalue weighted by atomic mass is 9.73. The highest BCUT2D eigenvalue weighted by Gasteiger charge is 2.52. The number of nitrogens with one attached hydrogen (secondary N) is 2. The molecule has 1 aliphatic carbocycles. The lowest BCUT2D eigenvalue weighted by Crippen LogP contribution is -2.68. The van der Waals surface area contributed by atoms with E-state index in [1.54, 1.807) is 52.9 Å². The number of aliphatic imine (C=N–C) groups is 3. The maximum Gasteiger partial charge on any atom is 0.271 e. The number of amidine groups is 3. The van der Waals surface area contributed by atoms with Crippen LogP contribution in [0.25, 0.3) is 15.8 Å². The molecule has 1 saturated carbocycles. The summed E-state index contributed by atoms with van der Waals surface area (Å²) < 4.78 is 29.3. The molecule has 8 aliphatic heterocycles. The Hall–Kier alpha value is -13.2. The average molecular weight is 2000 g/mol. The summed E-state index contributed by atoms with van der Waals surface area (Å²) in [5.74, 6) is 5.93. The van der Waals surface area contributed by atoms with Crippen molar-refractivity contribution in [3.8, 4) is 11.5 Å². The van der Waals surface area contributed by atoms with E-state index in [1.165, 1.54) is 81.8 Å². The first kappa shape index (κ1) is 105. The van der Waals surface area contributed by atoms with Crippen LogP contribution in [0.5, 0.6) is 11.5 Å². The first-order chi connectivity index (χ1) is 66.5. The fourth-order valence-electron chi connectivity index (χ4n) is 17.3. The van der Waals surface area contributed by atoms with Gasteiger partial charge in [-0.1, -0.05) is 152 Å². The Bertz CT molecular complexity index is 5820. The molecule has 2 N–H and O–H groups in total. The summed E-state index contributed by atoms with van der Waals surface area (Å²) >= 11 is 4.04. The van der Waals surface area contributed by atoms with Gasteiger partial charge in [0.15, 0.2) is 5.84 Å². The monoisotopic (exact) mass is 2000 g/mol. The summed E-state index contributed by atoms with van der Waals surface area (Å²) in [7, 11) is 3.42. The standard InChI is InChI=1S/C23H23N3O2S.C16H12IN3O.C15H23N3O.C15H15NO3.C14H17NO2.C13H24N2O2.C13H15NO2/c1-2-21(27)24-15-16-7-9-18(10-8-16)23(28)26-13-11-17(12-14-26)22-25-19-5-3-4-6-20(19)29-22;1-2-15(21)19-16-13-6-4-3-5-11(13)9-20-10-12(17)7-8-14(20)18-16;1-4-12(19)18-10-15(2,3)13(18)14-16-7-8-17(14)9-11-5-6-11;1-3-14(17)16-15(13-9-6-10-19-13)11-7-4-5-8-12(11)18-2;1-3-14(16)15-8-7-11-9-13(17-4-2)6-5-12(11)10-15;1-5-12(16)14(4)10-13(2,3)11-15-6-8-17-9-7-15;1-3-13(15)14-7-6-10(2)11(9-14)12-5-4-8-16-12/h2-10,17H,1,11-15H2,(H,24,27);2-8,10H,1,9H2;4,11,13H,1,5-10H2,2-3H3;3-10,15H,1H2,2H3,(H,16,17);3,5-6,9H,1,4,7-8,10H2,2H3;5H,1,6-11H2,2-4H3;3-5,8H,1,6-7,9H2,2H3. The number of fused-ring (bicyclic) bond motifs is 4. The molecule has 17 rings (SSSR count). The number of nitrogens with zero attached hydrogens (tertiary/aromatic N) is 12. The Morgan fingerprint density at radius 1 is 0.696 bits per heavy atom. The predicted molar refractivity (Wildman–Crippen MR) is 555 cm³/mol. The van der Waals surface area contributed by atoms with Gasteiger partial charge in [0.1, 0.15) is 40.7 Å². The van der Waals surface area contributed by atoms with E-state index in [-0.39, 0.29) is 64.1 Å². The van der Waals surface area contributed by atoms with Crippen LogP contribution in [0, 0.1) is 16.7 Å². The van der Waals surface area contributed by atoms with Gasteiger partial charge in [-0.05, 0) is 230 Å². The van der Waals surface area contributed by atoms with Crippen LogP contribution < -0.4 is 20.1 Å². The zero-order valence-corrected chi connectivity index (χ0v) is 83.6. The van der Waals surface area contributed by atoms with Crippen molar-refractivity contribution in [3.63, 3.8) is 0 Å². The maximum absolute atomic E-state index is 12.8. The molecule has 8 amide bonds. The molecule has 8 aromatic rings. The van der Waals surface area contributed by atoms with Crippen LogP contribution in [0.3, 0.4) is 0 Å². The average Bonchev–Trinajstić information content (AvgIpc) is 1.34. The molecule has 3 aromatic heterocycles. The number of carbonyl (C=O) groups excluding carboxylic acids is 8. The Morgan fingerprint density at radius 2 is 1.38 bits per heavy atom. The summed E-state index contributed by atoms with van der Waals surface area (Å²) in [5, 5.41) is 6.75. The molecule has 726 valence electrons. The molecule has 11 heterocycles. The third-order valence-corrected chi connectivity index (χ3v) is 26.4. The minimum absolute atomic E-state index is 0.00420. The smallest absolute Gasteiger partial charge is 0.271 e. The first-order valence-electron chi connectivity index (χ1n) is 46.7. The van der Waals surface area contributed by atoms with Gasteiger partial charge in [0.25, 0.3) is 11.8 Å². The van der Waals surface area contributed by atoms with E-state index in [1.807, 2.05) is 156 Å². The molecule has 3 saturated heterocycles. The molecular formula is C109H129IN14O13S. The molecule has 27 nitrogen and oxygen atoms in total. The van der Waals surface area contributed by atoms with Crippen LogP contribution in [0.1, 0.15) is 146 Å². The van der Waals surface area contributed by atoms with Gasteiger partial charge in [-0.25, -0.2) is 9.98 Å². The van der Waals surface area contributed by atoms with Crippen LogP contribution in [-0.2, 0) is 64.4 Å². The largest absolute Gasteiger partial charge is 0.496 e. The van der Waals surface area contributed by atoms with E-state index in [2.05, 4.69) is 157 Å². The van der Waals surface area contributed by atoms with Crippen LogP contribution in [0.2, 0.25) is 0 Å². The third kappa shape index (κ3) is 29.7. The zero-order chi connectivity index (χ0) is 99.0. The lowest BCUT2D eigenvalue weighted by Gasteiger charge is -2.54. The number of para-hydroxylation sites is 2. The minimum atomic E-state index is -0.406. The summed E-state index contributed by atoms with van der Waals surface area (Å²) in [6, 6.07) is 44.2. The number of amides is 8. The fraction of sp³-hybridized carbons (Fsp3) is 0.358. The van der Waals surface area contributed by atoms with E-state index in [0.717, 1.165) is 183 Å². The van der Waals surface area contributed by atoms with Crippen LogP contribution in [0.15, 0.2) is 292 Å². The Kier molecular flexibility index (Phi) is 39.1. The number of thiazole rings is 1. The van der Waals surface area contributed by atoms with Crippen LogP contribution >= 0.6 is 33.9 Å². The molecule has 29 heteroatoms. The molecule has 9 aliphatic rings. The molecule has 2 atom stereocenters. The Balaban J connectivity index is 0.000000156. The number of benzene rings is 5. The van der Waals surface area contributed by atoms with Gasteiger partial charge in [-0.15, -0.1) is 11.3 Å². The van der Waals surface area contributed by atoms with Crippen LogP contribution in [-0.4, -0.2) is 234 Å². The zero-order valence-electron chi connectivity index (χ0n) is 80.6. The maximum atomic E-state index is 12.8. The van der Waals surface area contributed by atoms with Crippen molar-refractivity contribution >= 4 is 114 Å². The summed E-state index contributed by atoms with van der Waals surface area (Å²) in [5.41, 5.74) is 10.6. The number of halogens is 1. The molecule has 5 aromatic carbocycles. The van der Waals surface area contributed by atoms with Gasteiger partial charge in [0, 0.05) is 149 Å². The number of aromatic nitrogens is 1. The number of hydrogen-bond donors (Lipinski definition) is 2. The van der Waals surface area contributed by atoms with Crippen LogP contribution in [0.4, 0.5) is 0 Å². The van der Waals surface area contributed by atoms with E-state index in [4.69, 9.17) is 33.0 Å². The number of piperidine rings is 1. The third-order valence-electron chi connectivity index (χ3n) is 24.6. The number of furan rings is 2. The van der Waals surface area contributed by atoms with Gasteiger partial charge < -0.3 is 68.0 Å². The number of hydrogen-bond acceptors (Lipinski definition) is 19. The van der Waals surface area contributed by atoms with Crippen molar-refractivity contribution in [2.45, 2.75) is 118 Å². The highest BCUT2D eigenvalue weighted by Crippen LogP contribution is 2.42. The molecule has 2 unspecified atom stereocenters. The van der Waals surface area contributed by atoms with E-state index < -0.39 is 6.04 Å².